The van der Waals surface area contributed by atoms with Gasteiger partial charge in [0, 0.05) is 6.42 Å². The van der Waals surface area contributed by atoms with E-state index in [9.17, 15) is 0 Å². The van der Waals surface area contributed by atoms with Crippen LogP contribution in [0.15, 0.2) is 5.16 Å². The molecule has 0 spiro atoms. The zero-order chi connectivity index (χ0) is 12.7. The first-order valence-electron chi connectivity index (χ1n) is 5.87. The molecule has 7 heteroatoms. The van der Waals surface area contributed by atoms with E-state index in [2.05, 4.69) is 22.4 Å². The summed E-state index contributed by atoms with van der Waals surface area (Å²) < 4.78 is 0. The van der Waals surface area contributed by atoms with Crippen LogP contribution in [0.4, 0.5) is 5.82 Å². The number of thioether (sulfide) groups is 1. The van der Waals surface area contributed by atoms with Crippen LogP contribution in [0.25, 0.3) is 10.2 Å². The fourth-order valence-corrected chi connectivity index (χ4v) is 4.14. The number of nitrogens with zero attached hydrogens (tertiary/aromatic N) is 2. The van der Waals surface area contributed by atoms with E-state index in [1.54, 1.807) is 28.0 Å². The van der Waals surface area contributed by atoms with Crippen molar-refractivity contribution in [3.05, 3.63) is 10.4 Å². The van der Waals surface area contributed by atoms with E-state index in [0.717, 1.165) is 40.7 Å². The number of nitrogens with two attached hydrogens (primary N) is 1. The molecule has 0 fully saturated rings. The summed E-state index contributed by atoms with van der Waals surface area (Å²) in [4.78, 5) is 13.1. The van der Waals surface area contributed by atoms with Crippen molar-refractivity contribution in [2.75, 3.05) is 25.3 Å². The van der Waals surface area contributed by atoms with Crippen LogP contribution in [-0.2, 0) is 13.0 Å². The number of likely N-dealkylation sites (N-methyl/N-ethyl adjacent to an activating group) is 1. The van der Waals surface area contributed by atoms with Crippen LogP contribution in [0.3, 0.4) is 0 Å². The van der Waals surface area contributed by atoms with E-state index in [-0.39, 0.29) is 0 Å². The smallest absolute Gasteiger partial charge is 0.190 e. The average molecular weight is 282 g/mol. The van der Waals surface area contributed by atoms with Gasteiger partial charge in [0.25, 0.3) is 0 Å². The van der Waals surface area contributed by atoms with Gasteiger partial charge in [-0.1, -0.05) is 11.8 Å². The van der Waals surface area contributed by atoms with E-state index < -0.39 is 0 Å². The molecule has 0 saturated heterocycles. The maximum atomic E-state index is 5.61. The van der Waals surface area contributed by atoms with Crippen LogP contribution in [-0.4, -0.2) is 29.8 Å². The Hall–Kier alpha value is -0.890. The van der Waals surface area contributed by atoms with Gasteiger partial charge in [0.05, 0.1) is 23.9 Å². The molecule has 1 unspecified atom stereocenters. The molecule has 1 aliphatic rings. The Bertz CT molecular complexity index is 595. The Morgan fingerprint density at radius 1 is 1.44 bits per heavy atom. The molecule has 18 heavy (non-hydrogen) atoms. The summed E-state index contributed by atoms with van der Waals surface area (Å²) in [5.41, 5.74) is 4.12. The second kappa shape index (κ2) is 4.65. The number of hydrogen-bond donors (Lipinski definition) is 3. The molecule has 0 bridgehead atoms. The van der Waals surface area contributed by atoms with Gasteiger partial charge in [-0.05, 0) is 11.8 Å². The van der Waals surface area contributed by atoms with Gasteiger partial charge in [0.15, 0.2) is 11.0 Å². The molecule has 5 nitrogen and oxygen atoms in total. The molecule has 1 atom stereocenters. The fraction of sp³-hybridized carbons (Fsp3) is 0.455. The third-order valence-corrected chi connectivity index (χ3v) is 4.97. The molecular formula is C11H16N5S2+. The largest absolute Gasteiger partial charge is 0.333 e. The molecule has 4 N–H and O–H groups in total. The summed E-state index contributed by atoms with van der Waals surface area (Å²) in [7, 11) is 2.23. The van der Waals surface area contributed by atoms with Gasteiger partial charge in [-0.15, -0.1) is 11.3 Å². The summed E-state index contributed by atoms with van der Waals surface area (Å²) in [5.74, 6) is 6.37. The molecule has 0 saturated carbocycles. The van der Waals surface area contributed by atoms with Crippen molar-refractivity contribution < 1.29 is 4.90 Å². The van der Waals surface area contributed by atoms with E-state index in [4.69, 9.17) is 5.84 Å². The van der Waals surface area contributed by atoms with Crippen molar-refractivity contribution >= 4 is 39.1 Å². The minimum atomic E-state index is 0.765. The zero-order valence-electron chi connectivity index (χ0n) is 10.4. The molecule has 2 aromatic heterocycles. The zero-order valence-corrected chi connectivity index (χ0v) is 12.0. The molecule has 0 radical (unpaired) electrons. The number of rotatable bonds is 2. The Kier molecular flexibility index (Phi) is 3.14. The van der Waals surface area contributed by atoms with E-state index in [1.807, 2.05) is 6.26 Å². The normalized spacial score (nSPS) is 18.9. The fourth-order valence-electron chi connectivity index (χ4n) is 2.39. The number of quaternary nitrogens is 1. The van der Waals surface area contributed by atoms with E-state index >= 15 is 0 Å². The topological polar surface area (TPSA) is 68.3 Å². The highest BCUT2D eigenvalue weighted by Crippen LogP contribution is 2.35. The second-order valence-electron chi connectivity index (χ2n) is 4.52. The van der Waals surface area contributed by atoms with Crippen molar-refractivity contribution in [1.82, 2.24) is 9.97 Å². The number of nitrogen functional groups attached to an aromatic ring is 1. The highest BCUT2D eigenvalue weighted by atomic mass is 32.2. The number of hydrogen-bond acceptors (Lipinski definition) is 6. The lowest BCUT2D eigenvalue weighted by Gasteiger charge is -2.19. The predicted octanol–water partition coefficient (Wildman–Crippen LogP) is 0.270. The lowest BCUT2D eigenvalue weighted by Crippen LogP contribution is -3.08. The van der Waals surface area contributed by atoms with Crippen molar-refractivity contribution in [2.45, 2.75) is 18.1 Å². The number of nitrogens with one attached hydrogen (secondary N) is 2. The Morgan fingerprint density at radius 2 is 2.28 bits per heavy atom. The van der Waals surface area contributed by atoms with Gasteiger partial charge in [-0.2, -0.15) is 0 Å². The van der Waals surface area contributed by atoms with Crippen molar-refractivity contribution in [1.29, 1.82) is 0 Å². The molecule has 0 aromatic carbocycles. The second-order valence-corrected chi connectivity index (χ2v) is 6.38. The maximum Gasteiger partial charge on any atom is 0.190 e. The monoisotopic (exact) mass is 282 g/mol. The summed E-state index contributed by atoms with van der Waals surface area (Å²) >= 11 is 3.33. The number of aromatic nitrogens is 2. The first-order valence-corrected chi connectivity index (χ1v) is 7.91. The van der Waals surface area contributed by atoms with Gasteiger partial charge in [-0.3, -0.25) is 0 Å². The molecule has 3 rings (SSSR count). The van der Waals surface area contributed by atoms with Gasteiger partial charge in [-0.25, -0.2) is 15.8 Å². The highest BCUT2D eigenvalue weighted by Gasteiger charge is 2.24. The maximum absolute atomic E-state index is 5.61. The van der Waals surface area contributed by atoms with Crippen LogP contribution >= 0.6 is 23.1 Å². The molecular weight excluding hydrogens is 266 g/mol. The SMILES string of the molecule is CSc1nc(NN)c2c3c(sc2n1)C[NH+](C)CC3. The Morgan fingerprint density at radius 3 is 3.00 bits per heavy atom. The predicted molar refractivity (Wildman–Crippen MR) is 76.2 cm³/mol. The molecule has 96 valence electrons. The standard InChI is InChI=1S/C11H15N5S2/c1-16-4-3-6-7(5-16)18-10-8(6)9(15-12)13-11(14-10)17-2/h3-5,12H2,1-2H3,(H,13,14,15)/p+1. The van der Waals surface area contributed by atoms with Crippen LogP contribution in [0.5, 0.6) is 0 Å². The lowest BCUT2D eigenvalue weighted by molar-refractivity contribution is -0.895. The average Bonchev–Trinajstić information content (AvgIpc) is 2.74. The van der Waals surface area contributed by atoms with Crippen LogP contribution in [0.1, 0.15) is 10.4 Å². The quantitative estimate of drug-likeness (QED) is 0.319. The van der Waals surface area contributed by atoms with Crippen molar-refractivity contribution in [2.24, 2.45) is 5.84 Å². The summed E-state index contributed by atoms with van der Waals surface area (Å²) in [6, 6.07) is 0. The van der Waals surface area contributed by atoms with Gasteiger partial charge in [0.2, 0.25) is 0 Å². The van der Waals surface area contributed by atoms with Gasteiger partial charge < -0.3 is 10.3 Å². The number of hydrazine groups is 1. The van der Waals surface area contributed by atoms with E-state index in [0.29, 0.717) is 0 Å². The highest BCUT2D eigenvalue weighted by molar-refractivity contribution is 7.98. The first-order chi connectivity index (χ1) is 8.72. The van der Waals surface area contributed by atoms with Crippen molar-refractivity contribution in [3.63, 3.8) is 0 Å². The first kappa shape index (κ1) is 12.2. The molecule has 3 heterocycles. The Balaban J connectivity index is 2.24. The molecule has 1 aliphatic heterocycles. The molecule has 2 aromatic rings. The number of fused-ring (bicyclic) bond motifs is 3. The lowest BCUT2D eigenvalue weighted by atomic mass is 10.1. The van der Waals surface area contributed by atoms with Crippen LogP contribution in [0, 0.1) is 0 Å². The number of thiophene rings is 1. The van der Waals surface area contributed by atoms with Crippen LogP contribution in [0.2, 0.25) is 0 Å². The minimum absolute atomic E-state index is 0.765. The van der Waals surface area contributed by atoms with E-state index in [1.165, 1.54) is 10.4 Å². The molecule has 0 aliphatic carbocycles. The summed E-state index contributed by atoms with van der Waals surface area (Å²) in [6.07, 6.45) is 3.06. The molecule has 0 amide bonds. The number of anilines is 1. The third kappa shape index (κ3) is 1.87. The summed E-state index contributed by atoms with van der Waals surface area (Å²) in [6.45, 7) is 2.24. The Labute approximate surface area is 114 Å². The van der Waals surface area contributed by atoms with Gasteiger partial charge in [0.1, 0.15) is 11.4 Å². The third-order valence-electron chi connectivity index (χ3n) is 3.30. The minimum Gasteiger partial charge on any atom is -0.333 e. The van der Waals surface area contributed by atoms with Crippen LogP contribution < -0.4 is 16.2 Å². The summed E-state index contributed by atoms with van der Waals surface area (Å²) in [5, 5.41) is 1.90. The van der Waals surface area contributed by atoms with Crippen molar-refractivity contribution in [3.8, 4) is 0 Å². The van der Waals surface area contributed by atoms with Gasteiger partial charge >= 0.3 is 0 Å².